The smallest absolute Gasteiger partial charge is 0.335 e. The monoisotopic (exact) mass is 237 g/mol. The number of nitrogens with two attached hydrogens (primary N) is 1. The lowest BCUT2D eigenvalue weighted by molar-refractivity contribution is 0.0697. The van der Waals surface area contributed by atoms with Gasteiger partial charge in [0.2, 0.25) is 0 Å². The first-order valence-electron chi connectivity index (χ1n) is 5.40. The van der Waals surface area contributed by atoms with Gasteiger partial charge in [-0.2, -0.15) is 0 Å². The number of benzene rings is 1. The molecule has 0 aliphatic carbocycles. The topological polar surface area (TPSA) is 69.8 Å². The van der Waals surface area contributed by atoms with Gasteiger partial charge in [0.1, 0.15) is 0 Å². The van der Waals surface area contributed by atoms with E-state index in [9.17, 15) is 4.79 Å². The minimum absolute atomic E-state index is 0.215. The van der Waals surface area contributed by atoms with Gasteiger partial charge in [-0.15, -0.1) is 0 Å². The molecule has 1 aromatic carbocycles. The summed E-state index contributed by atoms with van der Waals surface area (Å²) in [5.41, 5.74) is 7.41. The maximum Gasteiger partial charge on any atom is 0.335 e. The zero-order valence-electron chi connectivity index (χ0n) is 10.5. The number of rotatable bonds is 5. The van der Waals surface area contributed by atoms with Crippen LogP contribution in [0.5, 0.6) is 0 Å². The Hall–Kier alpha value is -1.75. The lowest BCUT2D eigenvalue weighted by atomic mass is 10.1. The number of aromatic carboxylic acids is 1. The number of nitrogen functional groups attached to an aromatic ring is 1. The first-order chi connectivity index (χ1) is 7.91. The summed E-state index contributed by atoms with van der Waals surface area (Å²) in [4.78, 5) is 14.9. The van der Waals surface area contributed by atoms with Gasteiger partial charge in [0.05, 0.1) is 16.9 Å². The van der Waals surface area contributed by atoms with Crippen molar-refractivity contribution in [2.24, 2.45) is 0 Å². The Morgan fingerprint density at radius 2 is 1.94 bits per heavy atom. The number of hydrogen-bond donors (Lipinski definition) is 2. The average molecular weight is 237 g/mol. The van der Waals surface area contributed by atoms with E-state index in [1.807, 2.05) is 26.0 Å². The molecular formula is C12H19N3O2. The van der Waals surface area contributed by atoms with E-state index in [1.54, 1.807) is 12.1 Å². The Kier molecular flexibility index (Phi) is 4.34. The molecule has 0 saturated carbocycles. The maximum atomic E-state index is 10.8. The molecule has 0 atom stereocenters. The SMILES string of the molecule is CN(C)CCN(C)c1ccc(C(=O)O)cc1N. The minimum atomic E-state index is -0.959. The van der Waals surface area contributed by atoms with Gasteiger partial charge in [-0.25, -0.2) is 4.79 Å². The molecule has 0 heterocycles. The number of carbonyl (C=O) groups is 1. The van der Waals surface area contributed by atoms with Crippen LogP contribution < -0.4 is 10.6 Å². The van der Waals surface area contributed by atoms with Crippen molar-refractivity contribution in [1.82, 2.24) is 4.90 Å². The Bertz CT molecular complexity index is 405. The van der Waals surface area contributed by atoms with Gasteiger partial charge < -0.3 is 20.6 Å². The third-order valence-corrected chi connectivity index (χ3v) is 2.57. The molecule has 17 heavy (non-hydrogen) atoms. The predicted octanol–water partition coefficient (Wildman–Crippen LogP) is 0.965. The van der Waals surface area contributed by atoms with Gasteiger partial charge in [0, 0.05) is 20.1 Å². The zero-order valence-corrected chi connectivity index (χ0v) is 10.5. The molecule has 0 bridgehead atoms. The number of likely N-dealkylation sites (N-methyl/N-ethyl adjacent to an activating group) is 2. The highest BCUT2D eigenvalue weighted by Crippen LogP contribution is 2.23. The second-order valence-corrected chi connectivity index (χ2v) is 4.30. The summed E-state index contributed by atoms with van der Waals surface area (Å²) in [7, 11) is 5.95. The fourth-order valence-corrected chi connectivity index (χ4v) is 1.51. The molecule has 0 aliphatic heterocycles. The molecule has 5 nitrogen and oxygen atoms in total. The highest BCUT2D eigenvalue weighted by Gasteiger charge is 2.09. The fraction of sp³-hybridized carbons (Fsp3) is 0.417. The third kappa shape index (κ3) is 3.64. The van der Waals surface area contributed by atoms with Crippen LogP contribution in [-0.4, -0.2) is 50.2 Å². The van der Waals surface area contributed by atoms with Crippen molar-refractivity contribution in [3.8, 4) is 0 Å². The van der Waals surface area contributed by atoms with Crippen LogP contribution in [0.3, 0.4) is 0 Å². The van der Waals surface area contributed by atoms with Crippen LogP contribution in [0.1, 0.15) is 10.4 Å². The van der Waals surface area contributed by atoms with Crippen molar-refractivity contribution in [2.75, 3.05) is 44.9 Å². The number of carboxylic acids is 1. The van der Waals surface area contributed by atoms with Crippen molar-refractivity contribution in [1.29, 1.82) is 0 Å². The molecule has 0 spiro atoms. The van der Waals surface area contributed by atoms with Gasteiger partial charge in [-0.05, 0) is 32.3 Å². The molecule has 3 N–H and O–H groups in total. The molecule has 1 aromatic rings. The van der Waals surface area contributed by atoms with E-state index in [2.05, 4.69) is 4.90 Å². The lowest BCUT2D eigenvalue weighted by Crippen LogP contribution is -2.29. The van der Waals surface area contributed by atoms with E-state index in [0.717, 1.165) is 18.8 Å². The van der Waals surface area contributed by atoms with E-state index in [0.29, 0.717) is 5.69 Å². The molecular weight excluding hydrogens is 218 g/mol. The quantitative estimate of drug-likeness (QED) is 0.747. The van der Waals surface area contributed by atoms with E-state index < -0.39 is 5.97 Å². The largest absolute Gasteiger partial charge is 0.478 e. The molecule has 0 aliphatic rings. The van der Waals surface area contributed by atoms with Crippen molar-refractivity contribution in [3.63, 3.8) is 0 Å². The molecule has 0 radical (unpaired) electrons. The van der Waals surface area contributed by atoms with Crippen LogP contribution in [0.2, 0.25) is 0 Å². The normalized spacial score (nSPS) is 10.6. The van der Waals surface area contributed by atoms with Gasteiger partial charge >= 0.3 is 5.97 Å². The van der Waals surface area contributed by atoms with E-state index in [1.165, 1.54) is 6.07 Å². The van der Waals surface area contributed by atoms with Crippen LogP contribution in [0.4, 0.5) is 11.4 Å². The fourth-order valence-electron chi connectivity index (χ4n) is 1.51. The van der Waals surface area contributed by atoms with Gasteiger partial charge in [0.15, 0.2) is 0 Å². The Morgan fingerprint density at radius 1 is 1.29 bits per heavy atom. The van der Waals surface area contributed by atoms with E-state index in [-0.39, 0.29) is 5.56 Å². The summed E-state index contributed by atoms with van der Waals surface area (Å²) in [5.74, 6) is -0.959. The van der Waals surface area contributed by atoms with Gasteiger partial charge in [-0.3, -0.25) is 0 Å². The highest BCUT2D eigenvalue weighted by molar-refractivity contribution is 5.90. The molecule has 5 heteroatoms. The molecule has 94 valence electrons. The van der Waals surface area contributed by atoms with Gasteiger partial charge in [0.25, 0.3) is 0 Å². The maximum absolute atomic E-state index is 10.8. The van der Waals surface area contributed by atoms with Crippen LogP contribution in [0, 0.1) is 0 Å². The van der Waals surface area contributed by atoms with Crippen LogP contribution in [0.15, 0.2) is 18.2 Å². The second-order valence-electron chi connectivity index (χ2n) is 4.30. The third-order valence-electron chi connectivity index (χ3n) is 2.57. The standard InChI is InChI=1S/C12H19N3O2/c1-14(2)6-7-15(3)11-5-4-9(12(16)17)8-10(11)13/h4-5,8H,6-7,13H2,1-3H3,(H,16,17). The number of nitrogens with zero attached hydrogens (tertiary/aromatic N) is 2. The van der Waals surface area contributed by atoms with Crippen LogP contribution >= 0.6 is 0 Å². The molecule has 0 fully saturated rings. The Balaban J connectivity index is 2.81. The highest BCUT2D eigenvalue weighted by atomic mass is 16.4. The minimum Gasteiger partial charge on any atom is -0.478 e. The van der Waals surface area contributed by atoms with E-state index in [4.69, 9.17) is 10.8 Å². The summed E-state index contributed by atoms with van der Waals surface area (Å²) < 4.78 is 0. The summed E-state index contributed by atoms with van der Waals surface area (Å²) >= 11 is 0. The average Bonchev–Trinajstić information content (AvgIpc) is 2.25. The van der Waals surface area contributed by atoms with Gasteiger partial charge in [-0.1, -0.05) is 0 Å². The molecule has 0 aromatic heterocycles. The van der Waals surface area contributed by atoms with Crippen molar-refractivity contribution < 1.29 is 9.90 Å². The van der Waals surface area contributed by atoms with Crippen molar-refractivity contribution in [3.05, 3.63) is 23.8 Å². The number of hydrogen-bond acceptors (Lipinski definition) is 4. The summed E-state index contributed by atoms with van der Waals surface area (Å²) in [6, 6.07) is 4.80. The van der Waals surface area contributed by atoms with Crippen molar-refractivity contribution in [2.45, 2.75) is 0 Å². The molecule has 0 unspecified atom stereocenters. The zero-order chi connectivity index (χ0) is 13.0. The number of anilines is 2. The molecule has 0 saturated heterocycles. The lowest BCUT2D eigenvalue weighted by Gasteiger charge is -2.23. The first-order valence-corrected chi connectivity index (χ1v) is 5.40. The first kappa shape index (κ1) is 13.3. The molecule has 0 amide bonds. The van der Waals surface area contributed by atoms with Crippen molar-refractivity contribution >= 4 is 17.3 Å². The second kappa shape index (κ2) is 5.54. The number of carboxylic acid groups (broad SMARTS) is 1. The van der Waals surface area contributed by atoms with E-state index >= 15 is 0 Å². The Labute approximate surface area is 101 Å². The van der Waals surface area contributed by atoms with Crippen LogP contribution in [0.25, 0.3) is 0 Å². The summed E-state index contributed by atoms with van der Waals surface area (Å²) in [5, 5.41) is 8.84. The Morgan fingerprint density at radius 3 is 2.41 bits per heavy atom. The summed E-state index contributed by atoms with van der Waals surface area (Å²) in [6.07, 6.45) is 0. The molecule has 1 rings (SSSR count). The van der Waals surface area contributed by atoms with Crippen LogP contribution in [-0.2, 0) is 0 Å². The summed E-state index contributed by atoms with van der Waals surface area (Å²) in [6.45, 7) is 1.75. The predicted molar refractivity (Wildman–Crippen MR) is 69.6 cm³/mol.